The maximum Gasteiger partial charge on any atom is 0.417 e. The molecular formula is C15H17N3O6. The first-order valence-corrected chi connectivity index (χ1v) is 7.21. The summed E-state index contributed by atoms with van der Waals surface area (Å²) in [5.74, 6) is -1.26. The number of rotatable bonds is 3. The van der Waals surface area contributed by atoms with E-state index in [2.05, 4.69) is 10.1 Å². The van der Waals surface area contributed by atoms with Crippen molar-refractivity contribution in [3.63, 3.8) is 0 Å². The fraction of sp³-hybridized carbons (Fsp3) is 0.333. The van der Waals surface area contributed by atoms with Gasteiger partial charge in [0.1, 0.15) is 0 Å². The number of benzene rings is 1. The van der Waals surface area contributed by atoms with Crippen molar-refractivity contribution in [1.29, 1.82) is 0 Å². The molecule has 1 aliphatic rings. The molecule has 24 heavy (non-hydrogen) atoms. The monoisotopic (exact) mass is 335 g/mol. The van der Waals surface area contributed by atoms with Crippen molar-refractivity contribution in [1.82, 2.24) is 15.1 Å². The average molecular weight is 335 g/mol. The molecule has 1 unspecified atom stereocenters. The molecule has 1 saturated heterocycles. The fourth-order valence-electron chi connectivity index (χ4n) is 2.33. The van der Waals surface area contributed by atoms with Crippen molar-refractivity contribution in [3.8, 4) is 0 Å². The van der Waals surface area contributed by atoms with Crippen LogP contribution in [0.5, 0.6) is 0 Å². The first-order chi connectivity index (χ1) is 11.5. The number of nitrogens with zero attached hydrogens (tertiary/aromatic N) is 2. The average Bonchev–Trinajstić information content (AvgIpc) is 2.59. The molecule has 0 radical (unpaired) electrons. The van der Waals surface area contributed by atoms with Crippen LogP contribution in [-0.4, -0.2) is 59.2 Å². The second-order valence-electron chi connectivity index (χ2n) is 5.04. The van der Waals surface area contributed by atoms with E-state index in [0.29, 0.717) is 12.0 Å². The summed E-state index contributed by atoms with van der Waals surface area (Å²) in [4.78, 5) is 49.0. The Morgan fingerprint density at radius 1 is 1.17 bits per heavy atom. The number of ether oxygens (including phenoxy) is 1. The van der Waals surface area contributed by atoms with Gasteiger partial charge in [-0.15, -0.1) is 0 Å². The number of carboxylic acids is 1. The third-order valence-corrected chi connectivity index (χ3v) is 3.51. The minimum absolute atomic E-state index is 0.0826. The predicted octanol–water partition coefficient (Wildman–Crippen LogP) is 1.42. The van der Waals surface area contributed by atoms with Gasteiger partial charge in [-0.1, -0.05) is 30.3 Å². The molecule has 0 saturated carbocycles. The first-order valence-electron chi connectivity index (χ1n) is 7.21. The summed E-state index contributed by atoms with van der Waals surface area (Å²) in [6, 6.07) is 5.07. The van der Waals surface area contributed by atoms with Crippen LogP contribution in [0.15, 0.2) is 30.3 Å². The van der Waals surface area contributed by atoms with E-state index in [1.807, 2.05) is 0 Å². The Bertz CT molecular complexity index is 648. The molecule has 0 aliphatic carbocycles. The van der Waals surface area contributed by atoms with Gasteiger partial charge in [0.15, 0.2) is 6.04 Å². The number of methoxy groups -OCH3 is 1. The highest BCUT2D eigenvalue weighted by Crippen LogP contribution is 2.16. The molecule has 2 N–H and O–H groups in total. The minimum atomic E-state index is -1.31. The van der Waals surface area contributed by atoms with Gasteiger partial charge < -0.3 is 15.2 Å². The highest BCUT2D eigenvalue weighted by atomic mass is 16.5. The van der Waals surface area contributed by atoms with Crippen molar-refractivity contribution in [2.45, 2.75) is 12.5 Å². The molecule has 0 bridgehead atoms. The minimum Gasteiger partial charge on any atom is -0.479 e. The summed E-state index contributed by atoms with van der Waals surface area (Å²) >= 11 is 0. The lowest BCUT2D eigenvalue weighted by molar-refractivity contribution is -0.139. The predicted molar refractivity (Wildman–Crippen MR) is 81.2 cm³/mol. The molecular weight excluding hydrogens is 318 g/mol. The lowest BCUT2D eigenvalue weighted by atomic mass is 10.1. The Morgan fingerprint density at radius 3 is 2.38 bits per heavy atom. The van der Waals surface area contributed by atoms with Crippen LogP contribution >= 0.6 is 0 Å². The molecule has 0 spiro atoms. The van der Waals surface area contributed by atoms with Gasteiger partial charge in [-0.05, 0) is 12.0 Å². The molecule has 1 atom stereocenters. The summed E-state index contributed by atoms with van der Waals surface area (Å²) < 4.78 is 4.49. The number of amides is 5. The van der Waals surface area contributed by atoms with Crippen LogP contribution in [0.3, 0.4) is 0 Å². The second-order valence-corrected chi connectivity index (χ2v) is 5.04. The van der Waals surface area contributed by atoms with E-state index in [9.17, 15) is 24.3 Å². The number of hydrogen-bond donors (Lipinski definition) is 2. The molecule has 1 aromatic carbocycles. The van der Waals surface area contributed by atoms with Gasteiger partial charge in [-0.25, -0.2) is 29.0 Å². The van der Waals surface area contributed by atoms with E-state index in [1.54, 1.807) is 30.3 Å². The Balaban J connectivity index is 2.13. The zero-order chi connectivity index (χ0) is 17.7. The van der Waals surface area contributed by atoms with Crippen LogP contribution in [0.25, 0.3) is 0 Å². The highest BCUT2D eigenvalue weighted by Gasteiger charge is 2.36. The Labute approximate surface area is 137 Å². The van der Waals surface area contributed by atoms with Gasteiger partial charge in [0.2, 0.25) is 0 Å². The number of imide groups is 2. The van der Waals surface area contributed by atoms with E-state index in [-0.39, 0.29) is 13.1 Å². The smallest absolute Gasteiger partial charge is 0.417 e. The molecule has 5 amide bonds. The lowest BCUT2D eigenvalue weighted by Gasteiger charge is -2.32. The van der Waals surface area contributed by atoms with E-state index in [0.717, 1.165) is 16.9 Å². The first kappa shape index (κ1) is 17.3. The lowest BCUT2D eigenvalue weighted by Crippen LogP contribution is -2.56. The number of carboxylic acid groups (broad SMARTS) is 1. The van der Waals surface area contributed by atoms with Crippen LogP contribution in [0.4, 0.5) is 14.4 Å². The Hall–Kier alpha value is -3.10. The van der Waals surface area contributed by atoms with Crippen molar-refractivity contribution in [2.24, 2.45) is 0 Å². The molecule has 0 aromatic heterocycles. The Kier molecular flexibility index (Phi) is 5.35. The topological polar surface area (TPSA) is 116 Å². The standard InChI is InChI=1S/C15H17N3O6/c1-24-15(23)18-9-5-8-17(14(18)22)13(21)16-11(12(19)20)10-6-3-2-4-7-10/h2-4,6-7,11H,5,8-9H2,1H3,(H,16,21)(H,19,20). The Morgan fingerprint density at radius 2 is 1.79 bits per heavy atom. The van der Waals surface area contributed by atoms with Crippen molar-refractivity contribution >= 4 is 24.1 Å². The number of urea groups is 2. The van der Waals surface area contributed by atoms with Gasteiger partial charge in [-0.3, -0.25) is 0 Å². The summed E-state index contributed by atoms with van der Waals surface area (Å²) in [6.07, 6.45) is -0.493. The third kappa shape index (κ3) is 3.62. The van der Waals surface area contributed by atoms with Crippen LogP contribution in [0.1, 0.15) is 18.0 Å². The van der Waals surface area contributed by atoms with Crippen LogP contribution in [-0.2, 0) is 9.53 Å². The summed E-state index contributed by atoms with van der Waals surface area (Å²) in [5, 5.41) is 11.6. The SMILES string of the molecule is COC(=O)N1CCCN(C(=O)NC(C(=O)O)c2ccccc2)C1=O. The molecule has 1 aliphatic heterocycles. The molecule has 2 rings (SSSR count). The van der Waals surface area contributed by atoms with Crippen LogP contribution in [0.2, 0.25) is 0 Å². The van der Waals surface area contributed by atoms with Crippen LogP contribution in [0, 0.1) is 0 Å². The number of nitrogens with one attached hydrogen (secondary N) is 1. The van der Waals surface area contributed by atoms with Gasteiger partial charge >= 0.3 is 24.1 Å². The molecule has 1 aromatic rings. The summed E-state index contributed by atoms with van der Waals surface area (Å²) in [7, 11) is 1.13. The third-order valence-electron chi connectivity index (χ3n) is 3.51. The van der Waals surface area contributed by atoms with E-state index < -0.39 is 30.2 Å². The van der Waals surface area contributed by atoms with Crippen molar-refractivity contribution in [2.75, 3.05) is 20.2 Å². The van der Waals surface area contributed by atoms with Crippen LogP contribution < -0.4 is 5.32 Å². The number of carbonyl (C=O) groups is 4. The zero-order valence-electron chi connectivity index (χ0n) is 13.0. The van der Waals surface area contributed by atoms with Crippen molar-refractivity contribution < 1.29 is 29.0 Å². The van der Waals surface area contributed by atoms with Crippen molar-refractivity contribution in [3.05, 3.63) is 35.9 Å². The normalized spacial score (nSPS) is 15.6. The highest BCUT2D eigenvalue weighted by molar-refractivity contribution is 6.01. The van der Waals surface area contributed by atoms with E-state index in [1.165, 1.54) is 0 Å². The maximum absolute atomic E-state index is 12.3. The summed E-state index contributed by atoms with van der Waals surface area (Å²) in [5.41, 5.74) is 0.368. The largest absolute Gasteiger partial charge is 0.479 e. The summed E-state index contributed by atoms with van der Waals surface area (Å²) in [6.45, 7) is 0.218. The molecule has 128 valence electrons. The molecule has 9 nitrogen and oxygen atoms in total. The van der Waals surface area contributed by atoms with Gasteiger partial charge in [0, 0.05) is 13.1 Å². The number of hydrogen-bond acceptors (Lipinski definition) is 5. The maximum atomic E-state index is 12.3. The van der Waals surface area contributed by atoms with Gasteiger partial charge in [-0.2, -0.15) is 0 Å². The molecule has 1 heterocycles. The van der Waals surface area contributed by atoms with Gasteiger partial charge in [0.05, 0.1) is 7.11 Å². The van der Waals surface area contributed by atoms with Gasteiger partial charge in [0.25, 0.3) is 0 Å². The number of carbonyl (C=O) groups excluding carboxylic acids is 3. The fourth-order valence-corrected chi connectivity index (χ4v) is 2.33. The van der Waals surface area contributed by atoms with E-state index >= 15 is 0 Å². The van der Waals surface area contributed by atoms with E-state index in [4.69, 9.17) is 0 Å². The zero-order valence-corrected chi connectivity index (χ0v) is 13.0. The number of aliphatic carboxylic acids is 1. The quantitative estimate of drug-likeness (QED) is 0.863. The molecule has 9 heteroatoms. The molecule has 1 fully saturated rings. The second kappa shape index (κ2) is 7.44.